The Morgan fingerprint density at radius 3 is 3.00 bits per heavy atom. The van der Waals surface area contributed by atoms with E-state index in [-0.39, 0.29) is 6.61 Å². The second kappa shape index (κ2) is 4.98. The first-order valence-corrected chi connectivity index (χ1v) is 5.21. The van der Waals surface area contributed by atoms with Gasteiger partial charge in [-0.3, -0.25) is 0 Å². The monoisotopic (exact) mass is 235 g/mol. The highest BCUT2D eigenvalue weighted by molar-refractivity contribution is 5.46. The lowest BCUT2D eigenvalue weighted by Gasteiger charge is -2.01. The Bertz CT molecular complexity index is 499. The lowest BCUT2D eigenvalue weighted by atomic mass is 10.2. The van der Waals surface area contributed by atoms with Crippen LogP contribution >= 0.6 is 0 Å². The van der Waals surface area contributed by atoms with Crippen LogP contribution in [0.1, 0.15) is 24.2 Å². The second-order valence-corrected chi connectivity index (χ2v) is 3.56. The van der Waals surface area contributed by atoms with Gasteiger partial charge in [0.15, 0.2) is 0 Å². The van der Waals surface area contributed by atoms with Crippen LogP contribution in [0.15, 0.2) is 16.8 Å². The fourth-order valence-electron chi connectivity index (χ4n) is 1.33. The van der Waals surface area contributed by atoms with Crippen LogP contribution < -0.4 is 5.73 Å². The van der Waals surface area contributed by atoms with Crippen LogP contribution in [-0.2, 0) is 0 Å². The first kappa shape index (κ1) is 11.6. The van der Waals surface area contributed by atoms with Crippen LogP contribution in [0.2, 0.25) is 0 Å². The summed E-state index contributed by atoms with van der Waals surface area (Å²) < 4.78 is 5.02. The topological polar surface area (TPSA) is 111 Å². The number of hydrogen-bond acceptors (Lipinski definition) is 7. The SMILES string of the molecule is Cc1nccc(-c2noc(C(N)CCO)n2)n1. The minimum atomic E-state index is -0.454. The molecular formula is C10H13N5O2. The molecule has 0 saturated heterocycles. The quantitative estimate of drug-likeness (QED) is 0.779. The third-order valence-corrected chi connectivity index (χ3v) is 2.20. The Kier molecular flexibility index (Phi) is 3.40. The first-order valence-electron chi connectivity index (χ1n) is 5.21. The molecule has 1 atom stereocenters. The van der Waals surface area contributed by atoms with Crippen LogP contribution in [0.3, 0.4) is 0 Å². The molecule has 17 heavy (non-hydrogen) atoms. The number of hydrogen-bond donors (Lipinski definition) is 2. The Labute approximate surface area is 97.7 Å². The zero-order valence-electron chi connectivity index (χ0n) is 9.37. The van der Waals surface area contributed by atoms with Crippen molar-refractivity contribution in [3.8, 4) is 11.5 Å². The summed E-state index contributed by atoms with van der Waals surface area (Å²) in [5, 5.41) is 12.6. The lowest BCUT2D eigenvalue weighted by molar-refractivity contribution is 0.259. The van der Waals surface area contributed by atoms with E-state index < -0.39 is 6.04 Å². The molecule has 0 aromatic carbocycles. The first-order chi connectivity index (χ1) is 8.20. The molecule has 2 heterocycles. The summed E-state index contributed by atoms with van der Waals surface area (Å²) in [4.78, 5) is 12.3. The molecule has 0 aliphatic heterocycles. The molecule has 7 heteroatoms. The summed E-state index contributed by atoms with van der Waals surface area (Å²) in [7, 11) is 0. The highest BCUT2D eigenvalue weighted by Gasteiger charge is 2.15. The molecule has 0 aliphatic rings. The van der Waals surface area contributed by atoms with Crippen molar-refractivity contribution in [1.29, 1.82) is 0 Å². The average molecular weight is 235 g/mol. The maximum atomic E-state index is 8.77. The molecule has 0 radical (unpaired) electrons. The maximum Gasteiger partial charge on any atom is 0.244 e. The normalized spacial score (nSPS) is 12.6. The van der Waals surface area contributed by atoms with Crippen molar-refractivity contribution in [2.45, 2.75) is 19.4 Å². The number of nitrogens with zero attached hydrogens (tertiary/aromatic N) is 4. The number of aromatic nitrogens is 4. The summed E-state index contributed by atoms with van der Waals surface area (Å²) in [6.45, 7) is 1.76. The molecule has 2 aromatic heterocycles. The molecule has 3 N–H and O–H groups in total. The largest absolute Gasteiger partial charge is 0.396 e. The van der Waals surface area contributed by atoms with Gasteiger partial charge in [0.25, 0.3) is 0 Å². The van der Waals surface area contributed by atoms with Crippen LogP contribution in [-0.4, -0.2) is 31.8 Å². The Morgan fingerprint density at radius 1 is 1.47 bits per heavy atom. The molecule has 90 valence electrons. The molecule has 0 bridgehead atoms. The second-order valence-electron chi connectivity index (χ2n) is 3.56. The number of aryl methyl sites for hydroxylation is 1. The summed E-state index contributed by atoms with van der Waals surface area (Å²) in [6.07, 6.45) is 2.01. The van der Waals surface area contributed by atoms with Gasteiger partial charge in [-0.2, -0.15) is 4.98 Å². The summed E-state index contributed by atoms with van der Waals surface area (Å²) in [6, 6.07) is 1.24. The van der Waals surface area contributed by atoms with E-state index in [0.29, 0.717) is 29.7 Å². The smallest absolute Gasteiger partial charge is 0.244 e. The van der Waals surface area contributed by atoms with Gasteiger partial charge in [-0.05, 0) is 19.4 Å². The molecule has 2 aromatic rings. The van der Waals surface area contributed by atoms with E-state index in [1.165, 1.54) is 0 Å². The highest BCUT2D eigenvalue weighted by atomic mass is 16.5. The van der Waals surface area contributed by atoms with Gasteiger partial charge >= 0.3 is 0 Å². The van der Waals surface area contributed by atoms with Crippen molar-refractivity contribution in [3.63, 3.8) is 0 Å². The zero-order valence-corrected chi connectivity index (χ0v) is 9.37. The molecule has 1 unspecified atom stereocenters. The molecule has 0 saturated carbocycles. The van der Waals surface area contributed by atoms with E-state index >= 15 is 0 Å². The fourth-order valence-corrected chi connectivity index (χ4v) is 1.33. The minimum absolute atomic E-state index is 0.0223. The predicted octanol–water partition coefficient (Wildman–Crippen LogP) is 0.217. The fraction of sp³-hybridized carbons (Fsp3) is 0.400. The number of nitrogens with two attached hydrogens (primary N) is 1. The van der Waals surface area contributed by atoms with Crippen molar-refractivity contribution >= 4 is 0 Å². The van der Waals surface area contributed by atoms with E-state index in [1.54, 1.807) is 19.2 Å². The molecule has 7 nitrogen and oxygen atoms in total. The third-order valence-electron chi connectivity index (χ3n) is 2.20. The van der Waals surface area contributed by atoms with Crippen molar-refractivity contribution in [2.24, 2.45) is 5.73 Å². The van der Waals surface area contributed by atoms with Crippen LogP contribution in [0.5, 0.6) is 0 Å². The Hall–Kier alpha value is -1.86. The van der Waals surface area contributed by atoms with Gasteiger partial charge in [0, 0.05) is 12.8 Å². The van der Waals surface area contributed by atoms with Gasteiger partial charge in [-0.1, -0.05) is 5.16 Å². The number of aliphatic hydroxyl groups is 1. The van der Waals surface area contributed by atoms with Gasteiger partial charge in [0.05, 0.1) is 6.04 Å². The molecule has 0 spiro atoms. The Morgan fingerprint density at radius 2 is 2.29 bits per heavy atom. The molecular weight excluding hydrogens is 222 g/mol. The third kappa shape index (κ3) is 2.63. The average Bonchev–Trinajstić information content (AvgIpc) is 2.78. The molecule has 0 fully saturated rings. The number of aliphatic hydroxyl groups excluding tert-OH is 1. The zero-order chi connectivity index (χ0) is 12.3. The van der Waals surface area contributed by atoms with E-state index in [9.17, 15) is 0 Å². The maximum absolute atomic E-state index is 8.77. The van der Waals surface area contributed by atoms with Gasteiger partial charge in [0.2, 0.25) is 11.7 Å². The van der Waals surface area contributed by atoms with Crippen LogP contribution in [0, 0.1) is 6.92 Å². The van der Waals surface area contributed by atoms with E-state index in [1.807, 2.05) is 0 Å². The van der Waals surface area contributed by atoms with Crippen molar-refractivity contribution in [1.82, 2.24) is 20.1 Å². The highest BCUT2D eigenvalue weighted by Crippen LogP contribution is 2.16. The molecule has 0 amide bonds. The molecule has 0 aliphatic carbocycles. The van der Waals surface area contributed by atoms with Gasteiger partial charge in [-0.15, -0.1) is 0 Å². The van der Waals surface area contributed by atoms with E-state index in [4.69, 9.17) is 15.4 Å². The predicted molar refractivity (Wildman–Crippen MR) is 58.7 cm³/mol. The van der Waals surface area contributed by atoms with Gasteiger partial charge < -0.3 is 15.4 Å². The van der Waals surface area contributed by atoms with Crippen LogP contribution in [0.4, 0.5) is 0 Å². The lowest BCUT2D eigenvalue weighted by Crippen LogP contribution is -2.12. The standard InChI is InChI=1S/C10H13N5O2/c1-6-12-4-2-8(13-6)9-14-10(17-15-9)7(11)3-5-16/h2,4,7,16H,3,5,11H2,1H3. The summed E-state index contributed by atoms with van der Waals surface area (Å²) >= 11 is 0. The van der Waals surface area contributed by atoms with Crippen molar-refractivity contribution in [3.05, 3.63) is 24.0 Å². The van der Waals surface area contributed by atoms with Crippen LogP contribution in [0.25, 0.3) is 11.5 Å². The summed E-state index contributed by atoms with van der Waals surface area (Å²) in [5.74, 6) is 1.30. The van der Waals surface area contributed by atoms with Crippen molar-refractivity contribution < 1.29 is 9.63 Å². The van der Waals surface area contributed by atoms with Gasteiger partial charge in [-0.25, -0.2) is 9.97 Å². The minimum Gasteiger partial charge on any atom is -0.396 e. The summed E-state index contributed by atoms with van der Waals surface area (Å²) in [5.41, 5.74) is 6.32. The van der Waals surface area contributed by atoms with Crippen molar-refractivity contribution in [2.75, 3.05) is 6.61 Å². The number of rotatable bonds is 4. The van der Waals surface area contributed by atoms with E-state index in [0.717, 1.165) is 0 Å². The van der Waals surface area contributed by atoms with E-state index in [2.05, 4.69) is 20.1 Å². The Balaban J connectivity index is 2.23. The molecule has 2 rings (SSSR count). The van der Waals surface area contributed by atoms with Gasteiger partial charge in [0.1, 0.15) is 11.5 Å².